The number of carbonyl (C=O) groups excluding carboxylic acids is 1. The fourth-order valence-electron chi connectivity index (χ4n) is 1.98. The Kier molecular flexibility index (Phi) is 4.35. The standard InChI is InChI=1S/C17H18O2/c1-3-14-8-4-5-10-17(14)19-12-16(18)15-9-6-7-13(2)11-15/h4-11H,3,12H2,1-2H3. The Morgan fingerprint density at radius 2 is 1.89 bits per heavy atom. The first-order chi connectivity index (χ1) is 9.20. The molecular formula is C17H18O2. The van der Waals surface area contributed by atoms with Crippen LogP contribution in [0.2, 0.25) is 0 Å². The van der Waals surface area contributed by atoms with Gasteiger partial charge >= 0.3 is 0 Å². The second-order valence-corrected chi connectivity index (χ2v) is 4.54. The number of aryl methyl sites for hydroxylation is 2. The van der Waals surface area contributed by atoms with Crippen molar-refractivity contribution in [2.45, 2.75) is 20.3 Å². The molecule has 0 atom stereocenters. The van der Waals surface area contributed by atoms with Crippen LogP contribution in [-0.4, -0.2) is 12.4 Å². The predicted molar refractivity (Wildman–Crippen MR) is 76.8 cm³/mol. The smallest absolute Gasteiger partial charge is 0.200 e. The van der Waals surface area contributed by atoms with Crippen LogP contribution in [0.4, 0.5) is 0 Å². The lowest BCUT2D eigenvalue weighted by Crippen LogP contribution is -2.12. The van der Waals surface area contributed by atoms with Crippen LogP contribution < -0.4 is 4.74 Å². The van der Waals surface area contributed by atoms with Gasteiger partial charge in [0.1, 0.15) is 5.75 Å². The highest BCUT2D eigenvalue weighted by molar-refractivity contribution is 5.97. The average molecular weight is 254 g/mol. The van der Waals surface area contributed by atoms with E-state index >= 15 is 0 Å². The van der Waals surface area contributed by atoms with Crippen molar-refractivity contribution in [3.05, 3.63) is 65.2 Å². The molecule has 2 aromatic carbocycles. The highest BCUT2D eigenvalue weighted by atomic mass is 16.5. The van der Waals surface area contributed by atoms with Crippen LogP contribution in [0.25, 0.3) is 0 Å². The monoisotopic (exact) mass is 254 g/mol. The molecule has 98 valence electrons. The highest BCUT2D eigenvalue weighted by Crippen LogP contribution is 2.18. The van der Waals surface area contributed by atoms with Gasteiger partial charge in [0.2, 0.25) is 0 Å². The number of benzene rings is 2. The predicted octanol–water partition coefficient (Wildman–Crippen LogP) is 3.82. The largest absolute Gasteiger partial charge is 0.485 e. The van der Waals surface area contributed by atoms with Gasteiger partial charge in [0, 0.05) is 5.56 Å². The number of para-hydroxylation sites is 1. The molecule has 0 bridgehead atoms. The van der Waals surface area contributed by atoms with E-state index in [1.165, 1.54) is 0 Å². The van der Waals surface area contributed by atoms with Gasteiger partial charge < -0.3 is 4.74 Å². The summed E-state index contributed by atoms with van der Waals surface area (Å²) in [5.74, 6) is 0.806. The van der Waals surface area contributed by atoms with E-state index in [9.17, 15) is 4.79 Å². The lowest BCUT2D eigenvalue weighted by Gasteiger charge is -2.09. The van der Waals surface area contributed by atoms with Gasteiger partial charge in [0.25, 0.3) is 0 Å². The van der Waals surface area contributed by atoms with Gasteiger partial charge in [-0.2, -0.15) is 0 Å². The van der Waals surface area contributed by atoms with E-state index in [0.717, 1.165) is 23.3 Å². The molecule has 0 fully saturated rings. The molecule has 0 aliphatic rings. The Bertz CT molecular complexity index is 573. The van der Waals surface area contributed by atoms with Gasteiger partial charge in [0.15, 0.2) is 12.4 Å². The zero-order valence-electron chi connectivity index (χ0n) is 11.3. The Hall–Kier alpha value is -2.09. The molecule has 2 rings (SSSR count). The highest BCUT2D eigenvalue weighted by Gasteiger charge is 2.08. The molecule has 0 amide bonds. The molecule has 2 nitrogen and oxygen atoms in total. The zero-order chi connectivity index (χ0) is 13.7. The van der Waals surface area contributed by atoms with Gasteiger partial charge in [-0.15, -0.1) is 0 Å². The summed E-state index contributed by atoms with van der Waals surface area (Å²) in [7, 11) is 0. The Morgan fingerprint density at radius 3 is 2.63 bits per heavy atom. The van der Waals surface area contributed by atoms with Gasteiger partial charge in [-0.25, -0.2) is 0 Å². The van der Waals surface area contributed by atoms with Crippen molar-refractivity contribution < 1.29 is 9.53 Å². The van der Waals surface area contributed by atoms with E-state index in [-0.39, 0.29) is 12.4 Å². The van der Waals surface area contributed by atoms with Crippen molar-refractivity contribution >= 4 is 5.78 Å². The summed E-state index contributed by atoms with van der Waals surface area (Å²) < 4.78 is 5.63. The maximum absolute atomic E-state index is 12.0. The summed E-state index contributed by atoms with van der Waals surface area (Å²) in [6.07, 6.45) is 0.898. The molecule has 0 saturated carbocycles. The third kappa shape index (κ3) is 3.44. The number of Topliss-reactive ketones (excluding diaryl/α,β-unsaturated/α-hetero) is 1. The summed E-state index contributed by atoms with van der Waals surface area (Å²) in [5, 5.41) is 0. The molecule has 0 spiro atoms. The molecule has 0 heterocycles. The normalized spacial score (nSPS) is 10.2. The van der Waals surface area contributed by atoms with Crippen LogP contribution in [-0.2, 0) is 6.42 Å². The van der Waals surface area contributed by atoms with E-state index in [2.05, 4.69) is 6.92 Å². The van der Waals surface area contributed by atoms with Crippen LogP contribution in [0.5, 0.6) is 5.75 Å². The number of hydrogen-bond acceptors (Lipinski definition) is 2. The zero-order valence-corrected chi connectivity index (χ0v) is 11.3. The summed E-state index contributed by atoms with van der Waals surface area (Å²) in [4.78, 5) is 12.0. The summed E-state index contributed by atoms with van der Waals surface area (Å²) >= 11 is 0. The first-order valence-corrected chi connectivity index (χ1v) is 6.51. The second kappa shape index (κ2) is 6.19. The SMILES string of the molecule is CCc1ccccc1OCC(=O)c1cccc(C)c1. The molecule has 0 saturated heterocycles. The molecule has 0 unspecified atom stereocenters. The summed E-state index contributed by atoms with van der Waals surface area (Å²) in [6.45, 7) is 4.13. The minimum Gasteiger partial charge on any atom is -0.485 e. The minimum absolute atomic E-state index is 0.00889. The maximum Gasteiger partial charge on any atom is 0.200 e. The maximum atomic E-state index is 12.0. The molecule has 0 aliphatic heterocycles. The van der Waals surface area contributed by atoms with Crippen molar-refractivity contribution in [3.8, 4) is 5.75 Å². The third-order valence-corrected chi connectivity index (χ3v) is 3.05. The number of ether oxygens (including phenoxy) is 1. The third-order valence-electron chi connectivity index (χ3n) is 3.05. The van der Waals surface area contributed by atoms with Gasteiger partial charge in [-0.05, 0) is 31.0 Å². The topological polar surface area (TPSA) is 26.3 Å². The number of carbonyl (C=O) groups is 1. The molecule has 2 heteroatoms. The lowest BCUT2D eigenvalue weighted by atomic mass is 10.1. The van der Waals surface area contributed by atoms with Crippen LogP contribution in [0.3, 0.4) is 0 Å². The number of rotatable bonds is 5. The van der Waals surface area contributed by atoms with Crippen LogP contribution >= 0.6 is 0 Å². The van der Waals surface area contributed by atoms with Crippen molar-refractivity contribution in [2.75, 3.05) is 6.61 Å². The quantitative estimate of drug-likeness (QED) is 0.758. The Balaban J connectivity index is 2.04. The van der Waals surface area contributed by atoms with E-state index in [1.807, 2.05) is 55.5 Å². The number of ketones is 1. The Labute approximate surface area is 114 Å². The first-order valence-electron chi connectivity index (χ1n) is 6.51. The first kappa shape index (κ1) is 13.3. The van der Waals surface area contributed by atoms with E-state index in [1.54, 1.807) is 0 Å². The number of hydrogen-bond donors (Lipinski definition) is 0. The average Bonchev–Trinajstić information content (AvgIpc) is 2.45. The van der Waals surface area contributed by atoms with Crippen LogP contribution in [0.15, 0.2) is 48.5 Å². The van der Waals surface area contributed by atoms with E-state index < -0.39 is 0 Å². The summed E-state index contributed by atoms with van der Waals surface area (Å²) in [6, 6.07) is 15.4. The van der Waals surface area contributed by atoms with Crippen molar-refractivity contribution in [2.24, 2.45) is 0 Å². The molecule has 0 aliphatic carbocycles. The van der Waals surface area contributed by atoms with E-state index in [0.29, 0.717) is 5.56 Å². The summed E-state index contributed by atoms with van der Waals surface area (Å²) in [5.41, 5.74) is 2.91. The second-order valence-electron chi connectivity index (χ2n) is 4.54. The lowest BCUT2D eigenvalue weighted by molar-refractivity contribution is 0.0921. The van der Waals surface area contributed by atoms with Gasteiger partial charge in [0.05, 0.1) is 0 Å². The molecule has 2 aromatic rings. The van der Waals surface area contributed by atoms with Crippen molar-refractivity contribution in [3.63, 3.8) is 0 Å². The fourth-order valence-corrected chi connectivity index (χ4v) is 1.98. The molecule has 0 aromatic heterocycles. The molecule has 0 radical (unpaired) electrons. The van der Waals surface area contributed by atoms with Crippen molar-refractivity contribution in [1.29, 1.82) is 0 Å². The van der Waals surface area contributed by atoms with Gasteiger partial charge in [-0.3, -0.25) is 4.79 Å². The Morgan fingerprint density at radius 1 is 1.11 bits per heavy atom. The van der Waals surface area contributed by atoms with E-state index in [4.69, 9.17) is 4.74 Å². The van der Waals surface area contributed by atoms with Crippen molar-refractivity contribution in [1.82, 2.24) is 0 Å². The molecule has 0 N–H and O–H groups in total. The van der Waals surface area contributed by atoms with Gasteiger partial charge in [-0.1, -0.05) is 48.9 Å². The molecule has 19 heavy (non-hydrogen) atoms. The van der Waals surface area contributed by atoms with Crippen LogP contribution in [0, 0.1) is 6.92 Å². The fraction of sp³-hybridized carbons (Fsp3) is 0.235. The molecular weight excluding hydrogens is 236 g/mol. The minimum atomic E-state index is 0.00889. The van der Waals surface area contributed by atoms with Crippen LogP contribution in [0.1, 0.15) is 28.4 Å².